The summed E-state index contributed by atoms with van der Waals surface area (Å²) in [6.07, 6.45) is 0.494. The highest BCUT2D eigenvalue weighted by Crippen LogP contribution is 1.97. The summed E-state index contributed by atoms with van der Waals surface area (Å²) >= 11 is 0. The van der Waals surface area contributed by atoms with E-state index in [1.54, 1.807) is 6.07 Å². The Balaban J connectivity index is 3.03. The lowest BCUT2D eigenvalue weighted by molar-refractivity contribution is 0.109. The van der Waals surface area contributed by atoms with E-state index < -0.39 is 0 Å². The van der Waals surface area contributed by atoms with Crippen molar-refractivity contribution in [2.45, 2.75) is 0 Å². The van der Waals surface area contributed by atoms with Crippen LogP contribution in [0.5, 0.6) is 0 Å². The minimum atomic E-state index is 0.0755. The number of hydrogen-bond donors (Lipinski definition) is 0. The Hall–Kier alpha value is -1.63. The highest BCUT2D eigenvalue weighted by molar-refractivity contribution is 5.70. The number of carbonyl (C=O) groups is 1. The third-order valence-electron chi connectivity index (χ3n) is 0.759. The van der Waals surface area contributed by atoms with E-state index in [0.29, 0.717) is 6.29 Å². The van der Waals surface area contributed by atoms with Crippen LogP contribution in [0.1, 0.15) is 16.2 Å². The van der Waals surface area contributed by atoms with Crippen molar-refractivity contribution in [1.82, 2.24) is 5.16 Å². The van der Waals surface area contributed by atoms with Gasteiger partial charge in [-0.3, -0.25) is 4.79 Å². The van der Waals surface area contributed by atoms with Gasteiger partial charge in [-0.15, -0.1) is 0 Å². The van der Waals surface area contributed by atoms with Crippen LogP contribution in [0.2, 0.25) is 0 Å². The fourth-order valence-electron chi connectivity index (χ4n) is 0.398. The Morgan fingerprint density at radius 3 is 3.00 bits per heavy atom. The zero-order chi connectivity index (χ0) is 6.69. The number of carbonyl (C=O) groups excluding carboxylic acids is 1. The van der Waals surface area contributed by atoms with Gasteiger partial charge in [-0.2, -0.15) is 5.26 Å². The van der Waals surface area contributed by atoms with Gasteiger partial charge < -0.3 is 4.52 Å². The van der Waals surface area contributed by atoms with Gasteiger partial charge in [-0.1, -0.05) is 5.16 Å². The maximum atomic E-state index is 9.89. The third-order valence-corrected chi connectivity index (χ3v) is 0.759. The molecule has 0 aliphatic rings. The quantitative estimate of drug-likeness (QED) is 0.504. The van der Waals surface area contributed by atoms with Gasteiger partial charge in [0.05, 0.1) is 0 Å². The number of aldehydes is 1. The molecule has 4 heteroatoms. The molecule has 0 fully saturated rings. The maximum Gasteiger partial charge on any atom is 0.200 e. The lowest BCUT2D eigenvalue weighted by atomic mass is 10.4. The first-order chi connectivity index (χ1) is 4.36. The zero-order valence-electron chi connectivity index (χ0n) is 4.37. The van der Waals surface area contributed by atoms with Crippen LogP contribution in [-0.2, 0) is 0 Å². The Morgan fingerprint density at radius 2 is 2.67 bits per heavy atom. The first kappa shape index (κ1) is 5.51. The molecule has 0 radical (unpaired) electrons. The molecule has 44 valence electrons. The smallest absolute Gasteiger partial charge is 0.200 e. The minimum Gasteiger partial charge on any atom is -0.352 e. The van der Waals surface area contributed by atoms with Gasteiger partial charge in [0.25, 0.3) is 0 Å². The summed E-state index contributed by atoms with van der Waals surface area (Å²) in [6, 6.07) is 2.99. The Labute approximate surface area is 50.7 Å². The Kier molecular flexibility index (Phi) is 1.28. The van der Waals surface area contributed by atoms with Crippen LogP contribution in [0.3, 0.4) is 0 Å². The van der Waals surface area contributed by atoms with Crippen molar-refractivity contribution < 1.29 is 9.32 Å². The standard InChI is InChI=1S/C5H2N2O2/c6-2-4-1-5(3-8)9-7-4/h1,3H. The molecule has 0 amide bonds. The van der Waals surface area contributed by atoms with Gasteiger partial charge in [0, 0.05) is 6.07 Å². The summed E-state index contributed by atoms with van der Waals surface area (Å²) in [5, 5.41) is 11.4. The summed E-state index contributed by atoms with van der Waals surface area (Å²) in [4.78, 5) is 9.89. The summed E-state index contributed by atoms with van der Waals surface area (Å²) in [6.45, 7) is 0. The van der Waals surface area contributed by atoms with Crippen LogP contribution in [0.15, 0.2) is 10.6 Å². The van der Waals surface area contributed by atoms with E-state index in [0.717, 1.165) is 0 Å². The van der Waals surface area contributed by atoms with Gasteiger partial charge in [0.2, 0.25) is 5.76 Å². The summed E-state index contributed by atoms with van der Waals surface area (Å²) in [5.74, 6) is 0.0755. The number of nitriles is 1. The molecule has 1 heterocycles. The molecule has 0 aromatic carbocycles. The van der Waals surface area contributed by atoms with Gasteiger partial charge in [0.1, 0.15) is 6.07 Å². The molecule has 4 nitrogen and oxygen atoms in total. The van der Waals surface area contributed by atoms with Crippen LogP contribution in [-0.4, -0.2) is 11.4 Å². The molecular weight excluding hydrogens is 120 g/mol. The second-order valence-corrected chi connectivity index (χ2v) is 1.34. The van der Waals surface area contributed by atoms with Crippen LogP contribution in [0.25, 0.3) is 0 Å². The average molecular weight is 122 g/mol. The van der Waals surface area contributed by atoms with Gasteiger partial charge in [-0.25, -0.2) is 0 Å². The van der Waals surface area contributed by atoms with E-state index in [9.17, 15) is 4.79 Å². The van der Waals surface area contributed by atoms with Crippen LogP contribution < -0.4 is 0 Å². The van der Waals surface area contributed by atoms with Crippen molar-refractivity contribution in [2.75, 3.05) is 0 Å². The SMILES string of the molecule is N#Cc1cc(C=O)on1. The number of aromatic nitrogens is 1. The predicted octanol–water partition coefficient (Wildman–Crippen LogP) is 0.359. The highest BCUT2D eigenvalue weighted by atomic mass is 16.5. The second kappa shape index (κ2) is 2.09. The van der Waals surface area contributed by atoms with Crippen molar-refractivity contribution >= 4 is 6.29 Å². The highest BCUT2D eigenvalue weighted by Gasteiger charge is 1.98. The van der Waals surface area contributed by atoms with Crippen LogP contribution in [0.4, 0.5) is 0 Å². The maximum absolute atomic E-state index is 9.89. The predicted molar refractivity (Wildman–Crippen MR) is 26.6 cm³/mol. The number of hydrogen-bond acceptors (Lipinski definition) is 4. The van der Waals surface area contributed by atoms with Gasteiger partial charge in [0.15, 0.2) is 12.0 Å². The number of rotatable bonds is 1. The first-order valence-corrected chi connectivity index (χ1v) is 2.19. The van der Waals surface area contributed by atoms with Crippen LogP contribution in [0, 0.1) is 11.3 Å². The molecule has 1 aromatic heterocycles. The zero-order valence-corrected chi connectivity index (χ0v) is 4.37. The van der Waals surface area contributed by atoms with E-state index in [1.807, 2.05) is 0 Å². The Bertz CT molecular complexity index is 258. The fraction of sp³-hybridized carbons (Fsp3) is 0. The van der Waals surface area contributed by atoms with E-state index in [2.05, 4.69) is 9.68 Å². The second-order valence-electron chi connectivity index (χ2n) is 1.34. The molecule has 1 aromatic rings. The lowest BCUT2D eigenvalue weighted by Gasteiger charge is -1.65. The van der Waals surface area contributed by atoms with Crippen molar-refractivity contribution in [1.29, 1.82) is 5.26 Å². The molecule has 0 saturated heterocycles. The van der Waals surface area contributed by atoms with Crippen LogP contribution >= 0.6 is 0 Å². The van der Waals surface area contributed by atoms with E-state index >= 15 is 0 Å². The topological polar surface area (TPSA) is 66.9 Å². The Morgan fingerprint density at radius 1 is 1.89 bits per heavy atom. The average Bonchev–Trinajstić information content (AvgIpc) is 2.34. The molecule has 0 unspecified atom stereocenters. The van der Waals surface area contributed by atoms with Crippen molar-refractivity contribution in [3.8, 4) is 6.07 Å². The monoisotopic (exact) mass is 122 g/mol. The lowest BCUT2D eigenvalue weighted by Crippen LogP contribution is -1.67. The van der Waals surface area contributed by atoms with Crippen molar-refractivity contribution in [2.24, 2.45) is 0 Å². The van der Waals surface area contributed by atoms with Gasteiger partial charge in [-0.05, 0) is 0 Å². The molecule has 0 bridgehead atoms. The van der Waals surface area contributed by atoms with E-state index in [4.69, 9.17) is 5.26 Å². The molecule has 0 aliphatic carbocycles. The van der Waals surface area contributed by atoms with Crippen molar-refractivity contribution in [3.05, 3.63) is 17.5 Å². The molecule has 9 heavy (non-hydrogen) atoms. The normalized spacial score (nSPS) is 8.33. The molecular formula is C5H2N2O2. The molecule has 0 spiro atoms. The molecule has 0 atom stereocenters. The molecule has 1 rings (SSSR count). The van der Waals surface area contributed by atoms with Gasteiger partial charge >= 0.3 is 0 Å². The summed E-state index contributed by atoms with van der Waals surface area (Å²) in [5.41, 5.74) is 0.122. The third kappa shape index (κ3) is 0.941. The van der Waals surface area contributed by atoms with E-state index in [1.165, 1.54) is 6.07 Å². The minimum absolute atomic E-state index is 0.0755. The first-order valence-electron chi connectivity index (χ1n) is 2.19. The van der Waals surface area contributed by atoms with Crippen molar-refractivity contribution in [3.63, 3.8) is 0 Å². The fourth-order valence-corrected chi connectivity index (χ4v) is 0.398. The molecule has 0 N–H and O–H groups in total. The molecule has 0 saturated carbocycles. The molecule has 0 aliphatic heterocycles. The summed E-state index contributed by atoms with van der Waals surface area (Å²) < 4.78 is 4.36. The van der Waals surface area contributed by atoms with E-state index in [-0.39, 0.29) is 11.5 Å². The largest absolute Gasteiger partial charge is 0.352 e. The summed E-state index contributed by atoms with van der Waals surface area (Å²) in [7, 11) is 0. The number of nitrogens with zero attached hydrogens (tertiary/aromatic N) is 2.